The molecule has 76 valence electrons. The number of piperidine rings is 1. The monoisotopic (exact) mass is 261 g/mol. The van der Waals surface area contributed by atoms with Gasteiger partial charge < -0.3 is 5.32 Å². The number of hydrogen-bond acceptors (Lipinski definition) is 1. The zero-order valence-electron chi connectivity index (χ0n) is 8.33. The number of fused-ring (bicyclic) bond motifs is 1. The summed E-state index contributed by atoms with van der Waals surface area (Å²) in [6, 6.07) is 8.21. The average molecular weight is 262 g/mol. The van der Waals surface area contributed by atoms with Crippen molar-refractivity contribution in [2.75, 3.05) is 13.1 Å². The Morgan fingerprint density at radius 1 is 1.13 bits per heavy atom. The fourth-order valence-corrected chi connectivity index (χ4v) is 2.60. The van der Waals surface area contributed by atoms with Gasteiger partial charge >= 0.3 is 0 Å². The highest BCUT2D eigenvalue weighted by molar-refractivity contribution is 9.10. The summed E-state index contributed by atoms with van der Waals surface area (Å²) in [6.45, 7) is 2.34. The molecule has 1 aromatic rings. The summed E-state index contributed by atoms with van der Waals surface area (Å²) < 4.78 is 1.11. The van der Waals surface area contributed by atoms with Crippen LogP contribution >= 0.6 is 15.9 Å². The first-order valence-electron chi connectivity index (χ1n) is 5.32. The van der Waals surface area contributed by atoms with Crippen molar-refractivity contribution in [2.45, 2.75) is 0 Å². The van der Waals surface area contributed by atoms with E-state index in [0.717, 1.165) is 21.9 Å². The summed E-state index contributed by atoms with van der Waals surface area (Å²) >= 11 is 3.42. The molecule has 1 aliphatic heterocycles. The maximum atomic E-state index is 3.42. The Morgan fingerprint density at radius 2 is 1.80 bits per heavy atom. The molecule has 3 rings (SSSR count). The first kappa shape index (κ1) is 9.45. The van der Waals surface area contributed by atoms with E-state index in [1.165, 1.54) is 13.1 Å². The summed E-state index contributed by atoms with van der Waals surface area (Å²) in [5, 5.41) is 3.38. The molecule has 2 aliphatic rings. The Hall–Kier alpha value is -0.780. The normalized spacial score (nSPS) is 31.7. The molecule has 3 atom stereocenters. The van der Waals surface area contributed by atoms with E-state index in [0.29, 0.717) is 5.92 Å². The standard InChI is InChI=1S/C13H12BrN/c14-10-4-1-9(2-5-10)3-6-11-12-7-15-8-13(11)12/h1-2,4-5,11-13,15H,7-8H2/t11-,12+,13-. The summed E-state index contributed by atoms with van der Waals surface area (Å²) in [5.41, 5.74) is 1.12. The van der Waals surface area contributed by atoms with Crippen molar-refractivity contribution in [3.8, 4) is 11.8 Å². The van der Waals surface area contributed by atoms with E-state index >= 15 is 0 Å². The van der Waals surface area contributed by atoms with Crippen molar-refractivity contribution in [1.29, 1.82) is 0 Å². The van der Waals surface area contributed by atoms with Crippen LogP contribution in [-0.2, 0) is 0 Å². The molecule has 0 radical (unpaired) electrons. The first-order chi connectivity index (χ1) is 7.34. The average Bonchev–Trinajstić information content (AvgIpc) is 2.71. The second-order valence-electron chi connectivity index (χ2n) is 4.29. The van der Waals surface area contributed by atoms with Crippen LogP contribution in [0.5, 0.6) is 0 Å². The molecule has 0 bridgehead atoms. The van der Waals surface area contributed by atoms with Crippen molar-refractivity contribution < 1.29 is 0 Å². The van der Waals surface area contributed by atoms with Gasteiger partial charge in [0.05, 0.1) is 0 Å². The lowest BCUT2D eigenvalue weighted by Crippen LogP contribution is -2.13. The van der Waals surface area contributed by atoms with Gasteiger partial charge in [-0.3, -0.25) is 0 Å². The maximum Gasteiger partial charge on any atom is 0.0294 e. The number of benzene rings is 1. The van der Waals surface area contributed by atoms with Gasteiger partial charge in [0, 0.05) is 16.0 Å². The fraction of sp³-hybridized carbons (Fsp3) is 0.385. The largest absolute Gasteiger partial charge is 0.316 e. The van der Waals surface area contributed by atoms with Gasteiger partial charge in [-0.25, -0.2) is 0 Å². The number of rotatable bonds is 0. The van der Waals surface area contributed by atoms with Gasteiger partial charge in [0.15, 0.2) is 0 Å². The number of halogens is 1. The molecule has 15 heavy (non-hydrogen) atoms. The van der Waals surface area contributed by atoms with Crippen molar-refractivity contribution in [3.05, 3.63) is 34.3 Å². The Kier molecular flexibility index (Phi) is 2.31. The molecule has 1 aliphatic carbocycles. The van der Waals surface area contributed by atoms with E-state index in [1.807, 2.05) is 12.1 Å². The zero-order valence-corrected chi connectivity index (χ0v) is 9.92. The zero-order chi connectivity index (χ0) is 10.3. The first-order valence-corrected chi connectivity index (χ1v) is 6.12. The Morgan fingerprint density at radius 3 is 2.47 bits per heavy atom. The Labute approximate surface area is 98.4 Å². The molecule has 0 amide bonds. The van der Waals surface area contributed by atoms with E-state index in [2.05, 4.69) is 45.2 Å². The number of nitrogens with one attached hydrogen (secondary N) is 1. The molecule has 1 saturated carbocycles. The highest BCUT2D eigenvalue weighted by Crippen LogP contribution is 2.47. The molecule has 1 heterocycles. The van der Waals surface area contributed by atoms with Gasteiger partial charge in [0.25, 0.3) is 0 Å². The maximum absolute atomic E-state index is 3.42. The van der Waals surface area contributed by atoms with Crippen molar-refractivity contribution in [2.24, 2.45) is 17.8 Å². The minimum atomic E-state index is 0.662. The van der Waals surface area contributed by atoms with Crippen LogP contribution < -0.4 is 5.32 Å². The van der Waals surface area contributed by atoms with Gasteiger partial charge in [-0.15, -0.1) is 0 Å². The quantitative estimate of drug-likeness (QED) is 0.707. The molecule has 0 unspecified atom stereocenters. The molecular formula is C13H12BrN. The summed E-state index contributed by atoms with van der Waals surface area (Å²) in [7, 11) is 0. The molecule has 1 aromatic carbocycles. The van der Waals surface area contributed by atoms with Gasteiger partial charge in [0.1, 0.15) is 0 Å². The highest BCUT2D eigenvalue weighted by Gasteiger charge is 2.51. The van der Waals surface area contributed by atoms with Crippen LogP contribution in [0.1, 0.15) is 5.56 Å². The molecule has 1 N–H and O–H groups in total. The topological polar surface area (TPSA) is 12.0 Å². The van der Waals surface area contributed by atoms with Gasteiger partial charge in [-0.2, -0.15) is 0 Å². The minimum Gasteiger partial charge on any atom is -0.316 e. The van der Waals surface area contributed by atoms with Gasteiger partial charge in [-0.05, 0) is 49.2 Å². The molecule has 1 nitrogen and oxygen atoms in total. The van der Waals surface area contributed by atoms with Crippen LogP contribution in [0.3, 0.4) is 0 Å². The second kappa shape index (κ2) is 3.66. The van der Waals surface area contributed by atoms with Crippen LogP contribution in [0.2, 0.25) is 0 Å². The molecule has 0 spiro atoms. The highest BCUT2D eigenvalue weighted by atomic mass is 79.9. The summed E-state index contributed by atoms with van der Waals surface area (Å²) in [4.78, 5) is 0. The lowest BCUT2D eigenvalue weighted by atomic mass is 10.2. The summed E-state index contributed by atoms with van der Waals surface area (Å²) in [5.74, 6) is 9.00. The van der Waals surface area contributed by atoms with Crippen LogP contribution in [0.15, 0.2) is 28.7 Å². The van der Waals surface area contributed by atoms with E-state index in [-0.39, 0.29) is 0 Å². The fourth-order valence-electron chi connectivity index (χ4n) is 2.33. The minimum absolute atomic E-state index is 0.662. The molecule has 1 saturated heterocycles. The Bertz CT molecular complexity index is 416. The second-order valence-corrected chi connectivity index (χ2v) is 5.20. The molecule has 0 aromatic heterocycles. The van der Waals surface area contributed by atoms with E-state index in [9.17, 15) is 0 Å². The number of hydrogen-bond donors (Lipinski definition) is 1. The van der Waals surface area contributed by atoms with Crippen LogP contribution in [-0.4, -0.2) is 13.1 Å². The van der Waals surface area contributed by atoms with Crippen LogP contribution in [0.25, 0.3) is 0 Å². The molecular weight excluding hydrogens is 250 g/mol. The molecule has 2 heteroatoms. The predicted molar refractivity (Wildman–Crippen MR) is 64.4 cm³/mol. The molecule has 2 fully saturated rings. The third kappa shape index (κ3) is 1.82. The third-order valence-electron chi connectivity index (χ3n) is 3.32. The van der Waals surface area contributed by atoms with Crippen molar-refractivity contribution in [1.82, 2.24) is 5.32 Å². The SMILES string of the molecule is Brc1ccc(C#C[C@H]2[C@H]3CNC[C@@H]23)cc1. The Balaban J connectivity index is 1.71. The summed E-state index contributed by atoms with van der Waals surface area (Å²) in [6.07, 6.45) is 0. The lowest BCUT2D eigenvalue weighted by molar-refractivity contribution is 0.679. The predicted octanol–water partition coefficient (Wildman–Crippen LogP) is 2.27. The van der Waals surface area contributed by atoms with Gasteiger partial charge in [-0.1, -0.05) is 27.8 Å². The van der Waals surface area contributed by atoms with Gasteiger partial charge in [0.2, 0.25) is 0 Å². The van der Waals surface area contributed by atoms with Crippen LogP contribution in [0, 0.1) is 29.6 Å². The van der Waals surface area contributed by atoms with Crippen molar-refractivity contribution in [3.63, 3.8) is 0 Å². The van der Waals surface area contributed by atoms with Crippen molar-refractivity contribution >= 4 is 15.9 Å². The lowest BCUT2D eigenvalue weighted by Gasteiger charge is -1.95. The van der Waals surface area contributed by atoms with E-state index in [4.69, 9.17) is 0 Å². The van der Waals surface area contributed by atoms with Crippen LogP contribution in [0.4, 0.5) is 0 Å². The third-order valence-corrected chi connectivity index (χ3v) is 3.85. The smallest absolute Gasteiger partial charge is 0.0294 e. The van der Waals surface area contributed by atoms with E-state index < -0.39 is 0 Å². The van der Waals surface area contributed by atoms with E-state index in [1.54, 1.807) is 0 Å².